The number of hydrogen-bond donors (Lipinski definition) is 1. The van der Waals surface area contributed by atoms with Crippen LogP contribution in [0.2, 0.25) is 5.02 Å². The summed E-state index contributed by atoms with van der Waals surface area (Å²) < 4.78 is 34.0. The van der Waals surface area contributed by atoms with Crippen molar-refractivity contribution >= 4 is 39.1 Å². The number of benzene rings is 3. The molecule has 3 rings (SSSR count). The molecule has 0 aromatic heterocycles. The van der Waals surface area contributed by atoms with Gasteiger partial charge in [-0.25, -0.2) is 8.42 Å². The number of carbonyl (C=O) groups is 2. The van der Waals surface area contributed by atoms with E-state index in [1.54, 1.807) is 25.1 Å². The molecule has 1 atom stereocenters. The van der Waals surface area contributed by atoms with Crippen LogP contribution in [0.3, 0.4) is 0 Å². The molecule has 0 bridgehead atoms. The molecule has 3 aromatic rings. The summed E-state index contributed by atoms with van der Waals surface area (Å²) >= 11 is 6.34. The van der Waals surface area contributed by atoms with Crippen LogP contribution in [0.1, 0.15) is 31.4 Å². The molecule has 0 saturated heterocycles. The Morgan fingerprint density at radius 1 is 1.03 bits per heavy atom. The molecule has 0 radical (unpaired) electrons. The van der Waals surface area contributed by atoms with Crippen LogP contribution >= 0.6 is 11.6 Å². The van der Waals surface area contributed by atoms with Crippen LogP contribution in [0.25, 0.3) is 0 Å². The zero-order valence-electron chi connectivity index (χ0n) is 22.6. The summed E-state index contributed by atoms with van der Waals surface area (Å²) in [5.41, 5.74) is 1.89. The summed E-state index contributed by atoms with van der Waals surface area (Å²) in [6.45, 7) is 5.47. The normalized spacial score (nSPS) is 11.9. The monoisotopic (exact) mass is 571 g/mol. The van der Waals surface area contributed by atoms with Crippen molar-refractivity contribution in [2.24, 2.45) is 0 Å². The van der Waals surface area contributed by atoms with Crippen molar-refractivity contribution in [2.75, 3.05) is 24.5 Å². The second-order valence-electron chi connectivity index (χ2n) is 9.12. The number of methoxy groups -OCH3 is 1. The summed E-state index contributed by atoms with van der Waals surface area (Å²) in [5.74, 6) is -0.492. The van der Waals surface area contributed by atoms with Crippen LogP contribution in [-0.4, -0.2) is 51.4 Å². The van der Waals surface area contributed by atoms with Gasteiger partial charge >= 0.3 is 0 Å². The van der Waals surface area contributed by atoms with E-state index in [1.807, 2.05) is 44.2 Å². The van der Waals surface area contributed by atoms with Crippen LogP contribution in [0.4, 0.5) is 5.69 Å². The molecule has 0 saturated carbocycles. The molecule has 0 aliphatic rings. The third-order valence-electron chi connectivity index (χ3n) is 6.22. The average Bonchev–Trinajstić information content (AvgIpc) is 2.93. The number of anilines is 1. The Hall–Kier alpha value is -3.56. The van der Waals surface area contributed by atoms with E-state index in [9.17, 15) is 18.0 Å². The Bertz CT molecular complexity index is 1380. The maximum absolute atomic E-state index is 13.9. The van der Waals surface area contributed by atoms with E-state index >= 15 is 0 Å². The summed E-state index contributed by atoms with van der Waals surface area (Å²) in [4.78, 5) is 28.2. The molecular weight excluding hydrogens is 538 g/mol. The highest BCUT2D eigenvalue weighted by molar-refractivity contribution is 7.92. The third kappa shape index (κ3) is 7.52. The molecule has 1 N–H and O–H groups in total. The molecule has 0 spiro atoms. The van der Waals surface area contributed by atoms with Crippen LogP contribution in [0.15, 0.2) is 77.7 Å². The first-order valence-electron chi connectivity index (χ1n) is 12.6. The van der Waals surface area contributed by atoms with Crippen LogP contribution in [0, 0.1) is 6.92 Å². The summed E-state index contributed by atoms with van der Waals surface area (Å²) in [6.07, 6.45) is 0.742. The maximum Gasteiger partial charge on any atom is 0.264 e. The average molecular weight is 572 g/mol. The molecule has 10 heteroatoms. The highest BCUT2D eigenvalue weighted by atomic mass is 35.5. The van der Waals surface area contributed by atoms with E-state index in [2.05, 4.69) is 5.32 Å². The molecular formula is C29H34ClN3O5S. The van der Waals surface area contributed by atoms with Crippen molar-refractivity contribution in [3.63, 3.8) is 0 Å². The van der Waals surface area contributed by atoms with Crippen molar-refractivity contribution in [1.82, 2.24) is 10.2 Å². The smallest absolute Gasteiger partial charge is 0.264 e. The predicted octanol–water partition coefficient (Wildman–Crippen LogP) is 4.80. The number of nitrogens with one attached hydrogen (secondary N) is 1. The summed E-state index contributed by atoms with van der Waals surface area (Å²) in [7, 11) is -2.73. The molecule has 0 aliphatic carbocycles. The van der Waals surface area contributed by atoms with E-state index in [-0.39, 0.29) is 28.1 Å². The van der Waals surface area contributed by atoms with Gasteiger partial charge in [0.2, 0.25) is 11.8 Å². The van der Waals surface area contributed by atoms with Crippen LogP contribution in [-0.2, 0) is 26.2 Å². The van der Waals surface area contributed by atoms with Crippen molar-refractivity contribution in [3.05, 3.63) is 88.9 Å². The highest BCUT2D eigenvalue weighted by Crippen LogP contribution is 2.32. The van der Waals surface area contributed by atoms with E-state index in [4.69, 9.17) is 16.3 Å². The number of halogens is 1. The first-order chi connectivity index (χ1) is 18.6. The minimum absolute atomic E-state index is 0.0242. The van der Waals surface area contributed by atoms with E-state index in [1.165, 1.54) is 36.3 Å². The van der Waals surface area contributed by atoms with Gasteiger partial charge in [0.25, 0.3) is 10.0 Å². The Labute approximate surface area is 235 Å². The molecule has 2 amide bonds. The molecule has 0 aliphatic heterocycles. The fourth-order valence-corrected chi connectivity index (χ4v) is 5.59. The minimum atomic E-state index is -4.18. The number of sulfonamides is 1. The standard InChI is InChI=1S/C29H34ClN3O5S/c1-5-17-31-29(35)22(3)32(19-23-9-7-6-8-10-23)28(34)20-33(24-13-16-27(38-4)26(30)18-24)39(36,37)25-14-11-21(2)12-15-25/h6-16,18,22H,5,17,19-20H2,1-4H3,(H,31,35)/t22-/m0/s1. The number of amides is 2. The van der Waals surface area contributed by atoms with Gasteiger partial charge in [0, 0.05) is 13.1 Å². The van der Waals surface area contributed by atoms with Gasteiger partial charge < -0.3 is 15.0 Å². The lowest BCUT2D eigenvalue weighted by Crippen LogP contribution is -2.51. The number of nitrogens with zero attached hydrogens (tertiary/aromatic N) is 2. The van der Waals surface area contributed by atoms with Crippen LogP contribution < -0.4 is 14.4 Å². The van der Waals surface area contributed by atoms with Gasteiger partial charge in [-0.05, 0) is 56.2 Å². The van der Waals surface area contributed by atoms with Crippen LogP contribution in [0.5, 0.6) is 5.75 Å². The second kappa shape index (κ2) is 13.5. The van der Waals surface area contributed by atoms with Crippen molar-refractivity contribution in [3.8, 4) is 5.75 Å². The Morgan fingerprint density at radius 3 is 2.28 bits per heavy atom. The number of aryl methyl sites for hydroxylation is 1. The van der Waals surface area contributed by atoms with E-state index in [0.29, 0.717) is 12.3 Å². The van der Waals surface area contributed by atoms with E-state index in [0.717, 1.165) is 21.9 Å². The summed E-state index contributed by atoms with van der Waals surface area (Å²) in [5, 5.41) is 3.02. The Balaban J connectivity index is 2.04. The van der Waals surface area contributed by atoms with Crippen molar-refractivity contribution in [2.45, 2.75) is 44.7 Å². The second-order valence-corrected chi connectivity index (χ2v) is 11.4. The first kappa shape index (κ1) is 30.0. The minimum Gasteiger partial charge on any atom is -0.495 e. The molecule has 0 unspecified atom stereocenters. The Kier molecular flexibility index (Phi) is 10.4. The number of ether oxygens (including phenoxy) is 1. The highest BCUT2D eigenvalue weighted by Gasteiger charge is 2.32. The van der Waals surface area contributed by atoms with E-state index < -0.39 is 28.5 Å². The van der Waals surface area contributed by atoms with Gasteiger partial charge in [0.15, 0.2) is 0 Å². The zero-order chi connectivity index (χ0) is 28.6. The van der Waals surface area contributed by atoms with Crippen molar-refractivity contribution in [1.29, 1.82) is 0 Å². The molecule has 0 fully saturated rings. The van der Waals surface area contributed by atoms with Crippen molar-refractivity contribution < 1.29 is 22.7 Å². The quantitative estimate of drug-likeness (QED) is 0.337. The van der Waals surface area contributed by atoms with Gasteiger partial charge in [0.05, 0.1) is 22.7 Å². The lowest BCUT2D eigenvalue weighted by Gasteiger charge is -2.32. The fourth-order valence-electron chi connectivity index (χ4n) is 3.94. The summed E-state index contributed by atoms with van der Waals surface area (Å²) in [6, 6.07) is 19.3. The fraction of sp³-hybridized carbons (Fsp3) is 0.310. The van der Waals surface area contributed by atoms with Gasteiger partial charge in [-0.15, -0.1) is 0 Å². The van der Waals surface area contributed by atoms with Gasteiger partial charge in [-0.1, -0.05) is 66.6 Å². The molecule has 39 heavy (non-hydrogen) atoms. The molecule has 3 aromatic carbocycles. The molecule has 8 nitrogen and oxygen atoms in total. The van der Waals surface area contributed by atoms with Gasteiger partial charge in [-0.2, -0.15) is 0 Å². The third-order valence-corrected chi connectivity index (χ3v) is 8.31. The number of rotatable bonds is 12. The predicted molar refractivity (Wildman–Crippen MR) is 153 cm³/mol. The Morgan fingerprint density at radius 2 is 1.69 bits per heavy atom. The molecule has 208 valence electrons. The number of carbonyl (C=O) groups excluding carboxylic acids is 2. The molecule has 0 heterocycles. The zero-order valence-corrected chi connectivity index (χ0v) is 24.1. The lowest BCUT2D eigenvalue weighted by molar-refractivity contribution is -0.139. The van der Waals surface area contributed by atoms with Gasteiger partial charge in [0.1, 0.15) is 18.3 Å². The van der Waals surface area contributed by atoms with Gasteiger partial charge in [-0.3, -0.25) is 13.9 Å². The topological polar surface area (TPSA) is 96.0 Å². The lowest BCUT2D eigenvalue weighted by atomic mass is 10.1. The largest absolute Gasteiger partial charge is 0.495 e. The number of hydrogen-bond acceptors (Lipinski definition) is 5. The first-order valence-corrected chi connectivity index (χ1v) is 14.4. The maximum atomic E-state index is 13.9. The SMILES string of the molecule is CCCNC(=O)[C@H](C)N(Cc1ccccc1)C(=O)CN(c1ccc(OC)c(Cl)c1)S(=O)(=O)c1ccc(C)cc1.